The van der Waals surface area contributed by atoms with E-state index in [1.807, 2.05) is 4.68 Å². The number of benzene rings is 1. The van der Waals surface area contributed by atoms with Crippen molar-refractivity contribution in [3.8, 4) is 17.1 Å². The molecular formula is C23H22ClF3N4O5S. The average molecular weight is 559 g/mol. The van der Waals surface area contributed by atoms with Crippen LogP contribution < -0.4 is 4.18 Å². The van der Waals surface area contributed by atoms with Gasteiger partial charge in [-0.15, -0.1) is 0 Å². The van der Waals surface area contributed by atoms with Crippen LogP contribution >= 0.6 is 11.6 Å². The molecule has 1 saturated heterocycles. The van der Waals surface area contributed by atoms with Gasteiger partial charge in [-0.1, -0.05) is 11.6 Å². The van der Waals surface area contributed by atoms with Crippen molar-refractivity contribution in [2.24, 2.45) is 0 Å². The summed E-state index contributed by atoms with van der Waals surface area (Å²) in [4.78, 5) is 17.7. The fraction of sp³-hybridized carbons (Fsp3) is 0.435. The molecule has 2 aromatic heterocycles. The predicted molar refractivity (Wildman–Crippen MR) is 127 cm³/mol. The van der Waals surface area contributed by atoms with Crippen LogP contribution in [0.3, 0.4) is 0 Å². The number of carbonyl (C=O) groups excluding carboxylic acids is 1. The Morgan fingerprint density at radius 2 is 1.95 bits per heavy atom. The highest BCUT2D eigenvalue weighted by atomic mass is 35.5. The van der Waals surface area contributed by atoms with Gasteiger partial charge in [-0.2, -0.15) is 26.7 Å². The van der Waals surface area contributed by atoms with Gasteiger partial charge >= 0.3 is 15.6 Å². The number of amides is 1. The van der Waals surface area contributed by atoms with E-state index in [1.54, 1.807) is 11.0 Å². The summed E-state index contributed by atoms with van der Waals surface area (Å²) in [6, 6.07) is 4.34. The Morgan fingerprint density at radius 3 is 2.62 bits per heavy atom. The third kappa shape index (κ3) is 4.87. The van der Waals surface area contributed by atoms with E-state index >= 15 is 0 Å². The molecule has 9 nitrogen and oxygen atoms in total. The van der Waals surface area contributed by atoms with E-state index < -0.39 is 21.5 Å². The summed E-state index contributed by atoms with van der Waals surface area (Å²) in [6.45, 7) is 3.63. The van der Waals surface area contributed by atoms with Gasteiger partial charge < -0.3 is 13.8 Å². The minimum absolute atomic E-state index is 0.0688. The fourth-order valence-corrected chi connectivity index (χ4v) is 5.40. The number of pyridine rings is 1. The number of ether oxygens (including phenoxy) is 1. The molecule has 0 bridgehead atoms. The quantitative estimate of drug-likeness (QED) is 0.348. The first-order valence-corrected chi connectivity index (χ1v) is 13.3. The van der Waals surface area contributed by atoms with E-state index in [1.165, 1.54) is 19.2 Å². The number of nitrogens with zero attached hydrogens (tertiary/aromatic N) is 4. The third-order valence-electron chi connectivity index (χ3n) is 6.58. The van der Waals surface area contributed by atoms with Gasteiger partial charge in [-0.3, -0.25) is 9.48 Å². The second-order valence-corrected chi connectivity index (χ2v) is 10.9. The molecule has 37 heavy (non-hydrogen) atoms. The molecule has 0 saturated carbocycles. The van der Waals surface area contributed by atoms with Gasteiger partial charge in [0.2, 0.25) is 11.8 Å². The predicted octanol–water partition coefficient (Wildman–Crippen LogP) is 4.24. The van der Waals surface area contributed by atoms with Crippen molar-refractivity contribution in [1.29, 1.82) is 0 Å². The SMILES string of the molecule is CC(=O)N1CCc2c(c(-c3cc(Cl)cc4cc(OS(=O)(=O)C(F)(F)F)ncc34)nn2C2CCOCC2)C1. The van der Waals surface area contributed by atoms with E-state index in [-0.39, 0.29) is 17.0 Å². The third-order valence-corrected chi connectivity index (χ3v) is 7.75. The topological polar surface area (TPSA) is 104 Å². The van der Waals surface area contributed by atoms with Crippen LogP contribution in [0.15, 0.2) is 24.4 Å². The van der Waals surface area contributed by atoms with E-state index in [9.17, 15) is 26.4 Å². The first kappa shape index (κ1) is 25.7. The highest BCUT2D eigenvalue weighted by molar-refractivity contribution is 7.87. The number of hydrogen-bond acceptors (Lipinski definition) is 7. The van der Waals surface area contributed by atoms with E-state index in [0.29, 0.717) is 54.8 Å². The van der Waals surface area contributed by atoms with Gasteiger partial charge in [0.25, 0.3) is 0 Å². The lowest BCUT2D eigenvalue weighted by Crippen LogP contribution is -2.35. The summed E-state index contributed by atoms with van der Waals surface area (Å²) < 4.78 is 72.9. The summed E-state index contributed by atoms with van der Waals surface area (Å²) >= 11 is 6.37. The van der Waals surface area contributed by atoms with Crippen molar-refractivity contribution >= 4 is 38.4 Å². The molecule has 3 aromatic rings. The molecule has 2 aliphatic heterocycles. The normalized spacial score (nSPS) is 17.2. The van der Waals surface area contributed by atoms with Crippen LogP contribution in [0.4, 0.5) is 13.2 Å². The van der Waals surface area contributed by atoms with Crippen LogP contribution in [-0.2, 0) is 32.6 Å². The van der Waals surface area contributed by atoms with Crippen molar-refractivity contribution in [2.75, 3.05) is 19.8 Å². The molecule has 0 N–H and O–H groups in total. The molecule has 1 fully saturated rings. The van der Waals surface area contributed by atoms with Crippen LogP contribution in [0.2, 0.25) is 5.02 Å². The lowest BCUT2D eigenvalue weighted by molar-refractivity contribution is -0.129. The monoisotopic (exact) mass is 558 g/mol. The summed E-state index contributed by atoms with van der Waals surface area (Å²) in [5, 5.41) is 6.01. The Labute approximate surface area is 215 Å². The first-order valence-electron chi connectivity index (χ1n) is 11.5. The maximum Gasteiger partial charge on any atom is 0.534 e. The lowest BCUT2D eigenvalue weighted by atomic mass is 9.97. The molecule has 0 atom stereocenters. The molecule has 5 rings (SSSR count). The largest absolute Gasteiger partial charge is 0.534 e. The molecule has 0 unspecified atom stereocenters. The second-order valence-electron chi connectivity index (χ2n) is 8.93. The van der Waals surface area contributed by atoms with Gasteiger partial charge in [-0.25, -0.2) is 4.98 Å². The Kier molecular flexibility index (Phi) is 6.57. The number of alkyl halides is 3. The van der Waals surface area contributed by atoms with Gasteiger partial charge in [-0.05, 0) is 30.4 Å². The smallest absolute Gasteiger partial charge is 0.381 e. The number of rotatable bonds is 4. The van der Waals surface area contributed by atoms with Gasteiger partial charge in [0, 0.05) is 79.1 Å². The minimum atomic E-state index is -5.89. The van der Waals surface area contributed by atoms with Crippen LogP contribution in [0, 0.1) is 0 Å². The average Bonchev–Trinajstić information content (AvgIpc) is 3.21. The zero-order chi connectivity index (χ0) is 26.5. The van der Waals surface area contributed by atoms with Crippen LogP contribution in [0.25, 0.3) is 22.0 Å². The van der Waals surface area contributed by atoms with Gasteiger partial charge in [0.05, 0.1) is 11.7 Å². The van der Waals surface area contributed by atoms with Crippen LogP contribution in [0.1, 0.15) is 37.1 Å². The Balaban J connectivity index is 1.63. The first-order chi connectivity index (χ1) is 17.4. The number of hydrogen-bond donors (Lipinski definition) is 0. The van der Waals surface area contributed by atoms with E-state index in [2.05, 4.69) is 9.17 Å². The standard InChI is InChI=1S/C23H22ClF3N4O5S/c1-13(32)30-5-2-20-19(12-30)22(29-31(20)16-3-6-35-7-4-16)17-10-15(24)8-14-9-21(28-11-18(14)17)36-37(33,34)23(25,26)27/h8-11,16H,2-7,12H2,1H3. The van der Waals surface area contributed by atoms with Crippen LogP contribution in [0.5, 0.6) is 5.88 Å². The van der Waals surface area contributed by atoms with E-state index in [4.69, 9.17) is 21.4 Å². The molecule has 4 heterocycles. The molecule has 2 aliphatic rings. The molecule has 14 heteroatoms. The van der Waals surface area contributed by atoms with E-state index in [0.717, 1.165) is 30.2 Å². The molecule has 1 aromatic carbocycles. The number of aromatic nitrogens is 3. The summed E-state index contributed by atoms with van der Waals surface area (Å²) in [5.41, 5.74) is -2.58. The molecule has 0 radical (unpaired) electrons. The number of carbonyl (C=O) groups is 1. The molecule has 0 spiro atoms. The van der Waals surface area contributed by atoms with Gasteiger partial charge in [0.1, 0.15) is 0 Å². The Bertz CT molecular complexity index is 1490. The summed E-state index contributed by atoms with van der Waals surface area (Å²) in [6.07, 6.45) is 3.42. The molecule has 1 amide bonds. The highest BCUT2D eigenvalue weighted by Crippen LogP contribution is 2.39. The van der Waals surface area contributed by atoms with Gasteiger partial charge in [0.15, 0.2) is 0 Å². The highest BCUT2D eigenvalue weighted by Gasteiger charge is 2.49. The zero-order valence-corrected chi connectivity index (χ0v) is 21.2. The fourth-order valence-electron chi connectivity index (χ4n) is 4.76. The Hall–Kier alpha value is -2.90. The zero-order valence-electron chi connectivity index (χ0n) is 19.6. The maximum atomic E-state index is 12.8. The van der Waals surface area contributed by atoms with Crippen molar-refractivity contribution in [2.45, 2.75) is 44.3 Å². The minimum Gasteiger partial charge on any atom is -0.381 e. The van der Waals surface area contributed by atoms with Crippen molar-refractivity contribution in [3.63, 3.8) is 0 Å². The lowest BCUT2D eigenvalue weighted by Gasteiger charge is -2.29. The van der Waals surface area contributed by atoms with Crippen molar-refractivity contribution in [1.82, 2.24) is 19.7 Å². The Morgan fingerprint density at radius 1 is 1.22 bits per heavy atom. The maximum absolute atomic E-state index is 12.8. The molecule has 198 valence electrons. The van der Waals surface area contributed by atoms with Crippen molar-refractivity contribution in [3.05, 3.63) is 40.7 Å². The molecule has 0 aliphatic carbocycles. The molecular weight excluding hydrogens is 537 g/mol. The van der Waals surface area contributed by atoms with Crippen LogP contribution in [-0.4, -0.2) is 59.3 Å². The van der Waals surface area contributed by atoms with Crippen molar-refractivity contribution < 1.29 is 35.3 Å². The number of halogens is 4. The summed E-state index contributed by atoms with van der Waals surface area (Å²) in [7, 11) is -5.89. The second kappa shape index (κ2) is 9.44. The number of fused-ring (bicyclic) bond motifs is 2. The summed E-state index contributed by atoms with van der Waals surface area (Å²) in [5.74, 6) is -0.809.